The summed E-state index contributed by atoms with van der Waals surface area (Å²) in [6, 6.07) is 9.66. The zero-order valence-corrected chi connectivity index (χ0v) is 10.6. The van der Waals surface area contributed by atoms with Crippen LogP contribution in [-0.4, -0.2) is 18.1 Å². The van der Waals surface area contributed by atoms with E-state index in [1.807, 2.05) is 51.1 Å². The van der Waals surface area contributed by atoms with E-state index in [0.29, 0.717) is 0 Å². The van der Waals surface area contributed by atoms with Gasteiger partial charge in [0.2, 0.25) is 0 Å². The highest BCUT2D eigenvalue weighted by atomic mass is 16.6. The van der Waals surface area contributed by atoms with E-state index >= 15 is 0 Å². The average molecular weight is 233 g/mol. The highest BCUT2D eigenvalue weighted by molar-refractivity contribution is 5.75. The molecule has 0 aliphatic carbocycles. The average Bonchev–Trinajstić information content (AvgIpc) is 2.25. The number of carbonyl (C=O) groups is 1. The summed E-state index contributed by atoms with van der Waals surface area (Å²) in [5, 5.41) is 2.95. The molecule has 1 aromatic rings. The summed E-state index contributed by atoms with van der Waals surface area (Å²) in [5.74, 6) is -0.283. The van der Waals surface area contributed by atoms with Crippen LogP contribution >= 0.6 is 0 Å². The topological polar surface area (TPSA) is 38.3 Å². The first-order chi connectivity index (χ1) is 7.88. The first kappa shape index (κ1) is 13.3. The summed E-state index contributed by atoms with van der Waals surface area (Å²) in [4.78, 5) is 11.5. The Hall–Kier alpha value is -1.77. The molecule has 3 heteroatoms. The van der Waals surface area contributed by atoms with Gasteiger partial charge in [-0.05, 0) is 26.3 Å². The van der Waals surface area contributed by atoms with Gasteiger partial charge in [0.05, 0.1) is 0 Å². The maximum atomic E-state index is 11.5. The van der Waals surface area contributed by atoms with Crippen molar-refractivity contribution in [3.05, 3.63) is 42.5 Å². The molecule has 0 aliphatic heterocycles. The van der Waals surface area contributed by atoms with Crippen LogP contribution in [0, 0.1) is 0 Å². The molecule has 0 aromatic heterocycles. The monoisotopic (exact) mass is 233 g/mol. The lowest BCUT2D eigenvalue weighted by molar-refractivity contribution is -0.153. The van der Waals surface area contributed by atoms with Gasteiger partial charge in [-0.3, -0.25) is 4.79 Å². The first-order valence-corrected chi connectivity index (χ1v) is 5.58. The molecule has 0 spiro atoms. The van der Waals surface area contributed by atoms with Crippen LogP contribution in [0.1, 0.15) is 26.3 Å². The molecule has 0 aliphatic rings. The van der Waals surface area contributed by atoms with E-state index in [1.54, 1.807) is 0 Å². The predicted octanol–water partition coefficient (Wildman–Crippen LogP) is 2.59. The van der Waals surface area contributed by atoms with Crippen molar-refractivity contribution < 1.29 is 9.53 Å². The molecular formula is C14H19NO2. The number of esters is 1. The van der Waals surface area contributed by atoms with E-state index in [1.165, 1.54) is 0 Å². The van der Waals surface area contributed by atoms with Crippen LogP contribution in [0.5, 0.6) is 0 Å². The molecule has 0 amide bonds. The molecule has 1 N–H and O–H groups in total. The first-order valence-electron chi connectivity index (χ1n) is 5.58. The molecule has 0 saturated heterocycles. The highest BCUT2D eigenvalue weighted by Crippen LogP contribution is 2.09. The van der Waals surface area contributed by atoms with Crippen LogP contribution in [0.15, 0.2) is 36.9 Å². The maximum Gasteiger partial charge on any atom is 0.325 e. The van der Waals surface area contributed by atoms with Crippen LogP contribution in [-0.2, 0) is 9.53 Å². The summed E-state index contributed by atoms with van der Waals surface area (Å²) in [6.07, 6.45) is 0. The predicted molar refractivity (Wildman–Crippen MR) is 69.3 cm³/mol. The Balaban J connectivity index is 2.42. The fourth-order valence-electron chi connectivity index (χ4n) is 1.30. The second-order valence-electron chi connectivity index (χ2n) is 4.78. The minimum Gasteiger partial charge on any atom is -0.459 e. The smallest absolute Gasteiger partial charge is 0.325 e. The third-order valence-corrected chi connectivity index (χ3v) is 1.99. The molecule has 1 rings (SSSR count). The van der Waals surface area contributed by atoms with Gasteiger partial charge in [0, 0.05) is 5.70 Å². The Bertz CT molecular complexity index is 390. The Labute approximate surface area is 102 Å². The Morgan fingerprint density at radius 3 is 2.41 bits per heavy atom. The molecule has 0 fully saturated rings. The SMILES string of the molecule is C=C(NCC(=O)OC(C)(C)C)c1ccccc1. The lowest BCUT2D eigenvalue weighted by Crippen LogP contribution is -2.30. The largest absolute Gasteiger partial charge is 0.459 e. The van der Waals surface area contributed by atoms with Crippen LogP contribution in [0.25, 0.3) is 5.70 Å². The standard InChI is InChI=1S/C14H19NO2/c1-11(12-8-6-5-7-9-12)15-10-13(16)17-14(2,3)4/h5-9,15H,1,10H2,2-4H3. The molecule has 0 heterocycles. The molecule has 3 nitrogen and oxygen atoms in total. The van der Waals surface area contributed by atoms with Crippen molar-refractivity contribution in [1.29, 1.82) is 0 Å². The van der Waals surface area contributed by atoms with Crippen molar-refractivity contribution in [3.8, 4) is 0 Å². The van der Waals surface area contributed by atoms with Crippen molar-refractivity contribution in [2.75, 3.05) is 6.54 Å². The molecule has 1 aromatic carbocycles. The van der Waals surface area contributed by atoms with E-state index in [2.05, 4.69) is 11.9 Å². The van der Waals surface area contributed by atoms with Gasteiger partial charge in [0.15, 0.2) is 0 Å². The number of carbonyl (C=O) groups excluding carboxylic acids is 1. The number of hydrogen-bond donors (Lipinski definition) is 1. The molecule has 0 bridgehead atoms. The van der Waals surface area contributed by atoms with Gasteiger partial charge in [-0.15, -0.1) is 0 Å². The van der Waals surface area contributed by atoms with E-state index in [4.69, 9.17) is 4.74 Å². The minimum absolute atomic E-state index is 0.130. The Morgan fingerprint density at radius 2 is 1.88 bits per heavy atom. The van der Waals surface area contributed by atoms with Gasteiger partial charge in [0.1, 0.15) is 12.1 Å². The highest BCUT2D eigenvalue weighted by Gasteiger charge is 2.15. The van der Waals surface area contributed by atoms with Crippen molar-refractivity contribution >= 4 is 11.7 Å². The maximum absolute atomic E-state index is 11.5. The third kappa shape index (κ3) is 5.20. The number of hydrogen-bond acceptors (Lipinski definition) is 3. The van der Waals surface area contributed by atoms with E-state index in [9.17, 15) is 4.79 Å². The molecule has 0 atom stereocenters. The normalized spacial score (nSPS) is 10.8. The summed E-state index contributed by atoms with van der Waals surface area (Å²) in [6.45, 7) is 9.54. The number of nitrogens with one attached hydrogen (secondary N) is 1. The lowest BCUT2D eigenvalue weighted by Gasteiger charge is -2.20. The van der Waals surface area contributed by atoms with Gasteiger partial charge >= 0.3 is 5.97 Å². The quantitative estimate of drug-likeness (QED) is 0.812. The van der Waals surface area contributed by atoms with Crippen LogP contribution in [0.3, 0.4) is 0 Å². The molecule has 0 unspecified atom stereocenters. The van der Waals surface area contributed by atoms with E-state index in [-0.39, 0.29) is 12.5 Å². The van der Waals surface area contributed by atoms with E-state index in [0.717, 1.165) is 11.3 Å². The molecule has 0 saturated carbocycles. The number of rotatable bonds is 4. The molecular weight excluding hydrogens is 214 g/mol. The number of benzene rings is 1. The van der Waals surface area contributed by atoms with Crippen LogP contribution in [0.2, 0.25) is 0 Å². The van der Waals surface area contributed by atoms with Gasteiger partial charge in [-0.2, -0.15) is 0 Å². The van der Waals surface area contributed by atoms with Crippen molar-refractivity contribution in [1.82, 2.24) is 5.32 Å². The molecule has 92 valence electrons. The Morgan fingerprint density at radius 1 is 1.29 bits per heavy atom. The van der Waals surface area contributed by atoms with Crippen LogP contribution < -0.4 is 5.32 Å². The van der Waals surface area contributed by atoms with Gasteiger partial charge in [-0.25, -0.2) is 0 Å². The summed E-state index contributed by atoms with van der Waals surface area (Å²) >= 11 is 0. The fraction of sp³-hybridized carbons (Fsp3) is 0.357. The van der Waals surface area contributed by atoms with Crippen molar-refractivity contribution in [2.45, 2.75) is 26.4 Å². The Kier molecular flexibility index (Phi) is 4.32. The summed E-state index contributed by atoms with van der Waals surface area (Å²) in [7, 11) is 0. The summed E-state index contributed by atoms with van der Waals surface area (Å²) < 4.78 is 5.18. The zero-order valence-electron chi connectivity index (χ0n) is 10.6. The summed E-state index contributed by atoms with van der Waals surface area (Å²) in [5.41, 5.74) is 1.24. The fourth-order valence-corrected chi connectivity index (χ4v) is 1.30. The molecule has 17 heavy (non-hydrogen) atoms. The second kappa shape index (κ2) is 5.53. The molecule has 0 radical (unpaired) electrons. The third-order valence-electron chi connectivity index (χ3n) is 1.99. The van der Waals surface area contributed by atoms with Gasteiger partial charge in [-0.1, -0.05) is 36.9 Å². The lowest BCUT2D eigenvalue weighted by atomic mass is 10.2. The van der Waals surface area contributed by atoms with Crippen molar-refractivity contribution in [3.63, 3.8) is 0 Å². The van der Waals surface area contributed by atoms with Gasteiger partial charge < -0.3 is 10.1 Å². The second-order valence-corrected chi connectivity index (χ2v) is 4.78. The van der Waals surface area contributed by atoms with Crippen LogP contribution in [0.4, 0.5) is 0 Å². The van der Waals surface area contributed by atoms with E-state index < -0.39 is 5.60 Å². The van der Waals surface area contributed by atoms with Gasteiger partial charge in [0.25, 0.3) is 0 Å². The van der Waals surface area contributed by atoms with Crippen molar-refractivity contribution in [2.24, 2.45) is 0 Å². The minimum atomic E-state index is -0.452. The zero-order chi connectivity index (χ0) is 12.9. The number of ether oxygens (including phenoxy) is 1.